The predicted octanol–water partition coefficient (Wildman–Crippen LogP) is 4.52. The number of halogens is 2. The van der Waals surface area contributed by atoms with E-state index in [2.05, 4.69) is 25.1 Å². The van der Waals surface area contributed by atoms with E-state index >= 15 is 0 Å². The molecule has 9 nitrogen and oxygen atoms in total. The van der Waals surface area contributed by atoms with Crippen molar-refractivity contribution in [1.29, 1.82) is 0 Å². The fourth-order valence-corrected chi connectivity index (χ4v) is 5.59. The first-order valence-corrected chi connectivity index (χ1v) is 14.1. The molecule has 0 atom stereocenters. The average Bonchev–Trinajstić information content (AvgIpc) is 2.93. The molecule has 11 heteroatoms. The number of anilines is 1. The van der Waals surface area contributed by atoms with Gasteiger partial charge >= 0.3 is 0 Å². The van der Waals surface area contributed by atoms with Gasteiger partial charge in [-0.15, -0.1) is 0 Å². The summed E-state index contributed by atoms with van der Waals surface area (Å²) in [5.74, 6) is 2.75. The fourth-order valence-electron chi connectivity index (χ4n) is 5.06. The van der Waals surface area contributed by atoms with E-state index in [1.807, 2.05) is 18.2 Å². The summed E-state index contributed by atoms with van der Waals surface area (Å²) in [5, 5.41) is 4.38. The highest BCUT2D eigenvalue weighted by atomic mass is 35.5. The van der Waals surface area contributed by atoms with Crippen molar-refractivity contribution in [2.24, 2.45) is 11.7 Å². The standard InChI is InChI=1S/C28H33Cl2N7O2/c29-21-13-20(14-22(30)15-21)28-34-23(18-36-9-5-19(6-10-36)1-3-25(31)38)16-27(35-28)39-24-2-4-26(33-17-24)37-11-7-32-8-12-37/h2,4,13-17,19,32H,1,3,5-12,18H2,(H2,31,38). The number of nitrogens with zero attached hydrogens (tertiary/aromatic N) is 5. The van der Waals surface area contributed by atoms with E-state index in [-0.39, 0.29) is 5.91 Å². The summed E-state index contributed by atoms with van der Waals surface area (Å²) in [6.07, 6.45) is 5.10. The molecule has 39 heavy (non-hydrogen) atoms. The first-order valence-electron chi connectivity index (χ1n) is 13.4. The lowest BCUT2D eigenvalue weighted by molar-refractivity contribution is -0.118. The summed E-state index contributed by atoms with van der Waals surface area (Å²) < 4.78 is 6.17. The molecule has 3 aromatic rings. The molecule has 0 saturated carbocycles. The minimum Gasteiger partial charge on any atom is -0.437 e. The van der Waals surface area contributed by atoms with Gasteiger partial charge in [-0.05, 0) is 68.6 Å². The maximum Gasteiger partial charge on any atom is 0.223 e. The number of nitrogens with two attached hydrogens (primary N) is 1. The van der Waals surface area contributed by atoms with Crippen LogP contribution in [0, 0.1) is 5.92 Å². The highest BCUT2D eigenvalue weighted by molar-refractivity contribution is 6.35. The predicted molar refractivity (Wildman–Crippen MR) is 153 cm³/mol. The number of pyridine rings is 1. The van der Waals surface area contributed by atoms with Crippen LogP contribution in [0.25, 0.3) is 11.4 Å². The molecule has 206 valence electrons. The minimum absolute atomic E-state index is 0.228. The zero-order valence-corrected chi connectivity index (χ0v) is 23.3. The molecule has 2 aliphatic heterocycles. The quantitative estimate of drug-likeness (QED) is 0.387. The SMILES string of the molecule is NC(=O)CCC1CCN(Cc2cc(Oc3ccc(N4CCNCC4)nc3)nc(-c3cc(Cl)cc(Cl)c3)n2)CC1. The number of primary amides is 1. The second-order valence-electron chi connectivity index (χ2n) is 10.1. The third-order valence-corrected chi connectivity index (χ3v) is 7.59. The Kier molecular flexibility index (Phi) is 9.13. The highest BCUT2D eigenvalue weighted by Gasteiger charge is 2.21. The molecule has 2 fully saturated rings. The van der Waals surface area contributed by atoms with E-state index in [1.54, 1.807) is 24.4 Å². The number of likely N-dealkylation sites (tertiary alicyclic amines) is 1. The van der Waals surface area contributed by atoms with Gasteiger partial charge in [-0.1, -0.05) is 23.2 Å². The number of benzene rings is 1. The molecule has 0 spiro atoms. The second-order valence-corrected chi connectivity index (χ2v) is 11.0. The van der Waals surface area contributed by atoms with Crippen LogP contribution in [-0.4, -0.2) is 65.0 Å². The molecule has 1 aromatic carbocycles. The number of amides is 1. The van der Waals surface area contributed by atoms with Gasteiger partial charge in [0.1, 0.15) is 11.6 Å². The van der Waals surface area contributed by atoms with E-state index in [4.69, 9.17) is 38.7 Å². The lowest BCUT2D eigenvalue weighted by atomic mass is 9.92. The number of ether oxygens (including phenoxy) is 1. The largest absolute Gasteiger partial charge is 0.437 e. The lowest BCUT2D eigenvalue weighted by Gasteiger charge is -2.31. The van der Waals surface area contributed by atoms with Crippen molar-refractivity contribution in [3.05, 3.63) is 58.3 Å². The Bertz CT molecular complexity index is 1260. The maximum atomic E-state index is 11.2. The van der Waals surface area contributed by atoms with Crippen LogP contribution in [0.15, 0.2) is 42.6 Å². The average molecular weight is 571 g/mol. The van der Waals surface area contributed by atoms with Crippen LogP contribution in [0.4, 0.5) is 5.82 Å². The number of nitrogens with one attached hydrogen (secondary N) is 1. The molecule has 0 aliphatic carbocycles. The number of aromatic nitrogens is 3. The Labute approximate surface area is 238 Å². The first-order chi connectivity index (χ1) is 18.9. The van der Waals surface area contributed by atoms with Crippen LogP contribution in [0.5, 0.6) is 11.6 Å². The Balaban J connectivity index is 1.33. The normalized spacial score (nSPS) is 16.8. The molecular formula is C28H33Cl2N7O2. The van der Waals surface area contributed by atoms with Crippen LogP contribution < -0.4 is 20.7 Å². The van der Waals surface area contributed by atoms with E-state index in [1.165, 1.54) is 0 Å². The summed E-state index contributed by atoms with van der Waals surface area (Å²) in [6.45, 7) is 6.27. The van der Waals surface area contributed by atoms with Gasteiger partial charge < -0.3 is 20.7 Å². The van der Waals surface area contributed by atoms with Crippen LogP contribution in [0.2, 0.25) is 10.0 Å². The number of piperidine rings is 1. The first kappa shape index (κ1) is 27.6. The van der Waals surface area contributed by atoms with Crippen molar-refractivity contribution in [2.75, 3.05) is 44.2 Å². The second kappa shape index (κ2) is 12.9. The number of carbonyl (C=O) groups excluding carboxylic acids is 1. The lowest BCUT2D eigenvalue weighted by Crippen LogP contribution is -2.43. The van der Waals surface area contributed by atoms with Crippen molar-refractivity contribution in [3.8, 4) is 23.0 Å². The van der Waals surface area contributed by atoms with E-state index < -0.39 is 0 Å². The van der Waals surface area contributed by atoms with Crippen LogP contribution >= 0.6 is 23.2 Å². The number of hydrogen-bond donors (Lipinski definition) is 2. The van der Waals surface area contributed by atoms with Gasteiger partial charge in [-0.2, -0.15) is 4.98 Å². The molecule has 4 heterocycles. The van der Waals surface area contributed by atoms with Crippen molar-refractivity contribution in [3.63, 3.8) is 0 Å². The minimum atomic E-state index is -0.228. The molecule has 0 radical (unpaired) electrons. The Morgan fingerprint density at radius 1 is 1.03 bits per heavy atom. The Morgan fingerprint density at radius 3 is 2.44 bits per heavy atom. The number of carbonyl (C=O) groups is 1. The molecule has 3 N–H and O–H groups in total. The number of piperazine rings is 1. The molecule has 2 saturated heterocycles. The number of hydrogen-bond acceptors (Lipinski definition) is 8. The molecule has 5 rings (SSSR count). The zero-order chi connectivity index (χ0) is 27.2. The third-order valence-electron chi connectivity index (χ3n) is 7.15. The number of rotatable bonds is 9. The van der Waals surface area contributed by atoms with Crippen LogP contribution in [-0.2, 0) is 11.3 Å². The maximum absolute atomic E-state index is 11.2. The molecule has 2 aliphatic rings. The zero-order valence-electron chi connectivity index (χ0n) is 21.8. The summed E-state index contributed by atoms with van der Waals surface area (Å²) in [4.78, 5) is 29.9. The van der Waals surface area contributed by atoms with Gasteiger partial charge in [0.2, 0.25) is 11.8 Å². The van der Waals surface area contributed by atoms with Gasteiger partial charge in [-0.25, -0.2) is 9.97 Å². The van der Waals surface area contributed by atoms with Crippen molar-refractivity contribution in [1.82, 2.24) is 25.2 Å². The topological polar surface area (TPSA) is 110 Å². The fraction of sp³-hybridized carbons (Fsp3) is 0.429. The van der Waals surface area contributed by atoms with Gasteiger partial charge in [-0.3, -0.25) is 9.69 Å². The summed E-state index contributed by atoms with van der Waals surface area (Å²) in [6, 6.07) is 11.0. The summed E-state index contributed by atoms with van der Waals surface area (Å²) in [5.41, 5.74) is 6.89. The third kappa shape index (κ3) is 7.79. The van der Waals surface area contributed by atoms with Gasteiger partial charge in [0.15, 0.2) is 5.82 Å². The highest BCUT2D eigenvalue weighted by Crippen LogP contribution is 2.30. The smallest absolute Gasteiger partial charge is 0.223 e. The van der Waals surface area contributed by atoms with Gasteiger partial charge in [0, 0.05) is 60.8 Å². The van der Waals surface area contributed by atoms with Crippen LogP contribution in [0.3, 0.4) is 0 Å². The Hall–Kier alpha value is -2.98. The molecule has 2 aromatic heterocycles. The van der Waals surface area contributed by atoms with Gasteiger partial charge in [0.05, 0.1) is 11.9 Å². The van der Waals surface area contributed by atoms with Crippen molar-refractivity contribution < 1.29 is 9.53 Å². The summed E-state index contributed by atoms with van der Waals surface area (Å²) >= 11 is 12.6. The monoisotopic (exact) mass is 569 g/mol. The molecular weight excluding hydrogens is 537 g/mol. The van der Waals surface area contributed by atoms with Gasteiger partial charge in [0.25, 0.3) is 0 Å². The van der Waals surface area contributed by atoms with E-state index in [0.717, 1.165) is 75.6 Å². The molecule has 0 unspecified atom stereocenters. The van der Waals surface area contributed by atoms with Crippen molar-refractivity contribution >= 4 is 34.9 Å². The van der Waals surface area contributed by atoms with E-state index in [0.29, 0.717) is 46.4 Å². The summed E-state index contributed by atoms with van der Waals surface area (Å²) in [7, 11) is 0. The van der Waals surface area contributed by atoms with Crippen molar-refractivity contribution in [2.45, 2.75) is 32.2 Å². The molecule has 0 bridgehead atoms. The molecule has 1 amide bonds. The Morgan fingerprint density at radius 2 is 1.77 bits per heavy atom. The van der Waals surface area contributed by atoms with E-state index in [9.17, 15) is 4.79 Å². The van der Waals surface area contributed by atoms with Crippen LogP contribution in [0.1, 0.15) is 31.4 Å².